The number of rotatable bonds is 3. The summed E-state index contributed by atoms with van der Waals surface area (Å²) in [5.41, 5.74) is 0. The molecular formula is C8H15NO5. The first-order chi connectivity index (χ1) is 6.41. The molecule has 0 aromatic rings. The van der Waals surface area contributed by atoms with Gasteiger partial charge in [0.25, 0.3) is 0 Å². The van der Waals surface area contributed by atoms with Crippen LogP contribution in [0.25, 0.3) is 0 Å². The van der Waals surface area contributed by atoms with Crippen LogP contribution in [0.5, 0.6) is 0 Å². The van der Waals surface area contributed by atoms with E-state index in [0.717, 1.165) is 0 Å². The van der Waals surface area contributed by atoms with Crippen LogP contribution in [0.15, 0.2) is 0 Å². The van der Waals surface area contributed by atoms with Crippen molar-refractivity contribution in [1.82, 2.24) is 5.32 Å². The lowest BCUT2D eigenvalue weighted by Crippen LogP contribution is -2.40. The van der Waals surface area contributed by atoms with Crippen molar-refractivity contribution in [2.75, 3.05) is 13.2 Å². The Bertz CT molecular complexity index is 218. The predicted octanol–water partition coefficient (Wildman–Crippen LogP) is -0.234. The maximum Gasteiger partial charge on any atom is 0.404 e. The summed E-state index contributed by atoms with van der Waals surface area (Å²) in [7, 11) is 0. The Morgan fingerprint density at radius 1 is 1.71 bits per heavy atom. The van der Waals surface area contributed by atoms with Crippen molar-refractivity contribution in [3.8, 4) is 0 Å². The van der Waals surface area contributed by atoms with Crippen molar-refractivity contribution in [2.24, 2.45) is 0 Å². The van der Waals surface area contributed by atoms with E-state index in [-0.39, 0.29) is 13.2 Å². The summed E-state index contributed by atoms with van der Waals surface area (Å²) in [4.78, 5) is 10.2. The molecule has 0 bridgehead atoms. The lowest BCUT2D eigenvalue weighted by atomic mass is 10.2. The molecule has 0 unspecified atom stereocenters. The van der Waals surface area contributed by atoms with Crippen molar-refractivity contribution in [3.05, 3.63) is 0 Å². The van der Waals surface area contributed by atoms with Gasteiger partial charge in [0.1, 0.15) is 6.10 Å². The number of nitrogens with one attached hydrogen (secondary N) is 1. The fraction of sp³-hybridized carbons (Fsp3) is 0.875. The van der Waals surface area contributed by atoms with Crippen LogP contribution in [0, 0.1) is 0 Å². The molecule has 1 amide bonds. The molecule has 0 aromatic carbocycles. The van der Waals surface area contributed by atoms with Gasteiger partial charge in [-0.3, -0.25) is 0 Å². The van der Waals surface area contributed by atoms with Crippen molar-refractivity contribution in [1.29, 1.82) is 0 Å². The summed E-state index contributed by atoms with van der Waals surface area (Å²) in [6.07, 6.45) is -2.52. The third-order valence-corrected chi connectivity index (χ3v) is 1.92. The van der Waals surface area contributed by atoms with E-state index < -0.39 is 24.1 Å². The molecule has 0 saturated carbocycles. The Morgan fingerprint density at radius 3 is 2.79 bits per heavy atom. The SMILES string of the molecule is CC1(C)OC[C@H]([C@@H](O)CNC(=O)O)O1. The van der Waals surface area contributed by atoms with Gasteiger partial charge in [-0.1, -0.05) is 0 Å². The Hall–Kier alpha value is -0.850. The molecule has 14 heavy (non-hydrogen) atoms. The molecule has 0 aliphatic carbocycles. The van der Waals surface area contributed by atoms with Gasteiger partial charge in [-0.05, 0) is 13.8 Å². The third kappa shape index (κ3) is 3.13. The Labute approximate surface area is 81.8 Å². The first kappa shape index (κ1) is 11.2. The summed E-state index contributed by atoms with van der Waals surface area (Å²) in [5, 5.41) is 19.9. The van der Waals surface area contributed by atoms with Crippen LogP contribution in [0.1, 0.15) is 13.8 Å². The minimum Gasteiger partial charge on any atom is -0.465 e. The fourth-order valence-corrected chi connectivity index (χ4v) is 1.23. The van der Waals surface area contributed by atoms with Crippen molar-refractivity contribution < 1.29 is 24.5 Å². The van der Waals surface area contributed by atoms with E-state index in [1.54, 1.807) is 13.8 Å². The van der Waals surface area contributed by atoms with Gasteiger partial charge < -0.3 is 25.0 Å². The smallest absolute Gasteiger partial charge is 0.404 e. The van der Waals surface area contributed by atoms with Gasteiger partial charge in [0.2, 0.25) is 0 Å². The number of hydrogen-bond acceptors (Lipinski definition) is 4. The zero-order chi connectivity index (χ0) is 10.8. The largest absolute Gasteiger partial charge is 0.465 e. The first-order valence-corrected chi connectivity index (χ1v) is 4.37. The minimum atomic E-state index is -1.16. The van der Waals surface area contributed by atoms with Crippen LogP contribution in [0.3, 0.4) is 0 Å². The number of carboxylic acid groups (broad SMARTS) is 1. The van der Waals surface area contributed by atoms with Gasteiger partial charge in [-0.2, -0.15) is 0 Å². The molecule has 1 aliphatic rings. The zero-order valence-electron chi connectivity index (χ0n) is 8.19. The lowest BCUT2D eigenvalue weighted by molar-refractivity contribution is -0.150. The molecule has 1 rings (SSSR count). The standard InChI is InChI=1S/C8H15NO5/c1-8(2)13-4-6(14-8)5(10)3-9-7(11)12/h5-6,9-10H,3-4H2,1-2H3,(H,11,12)/t5-,6+/m0/s1. The van der Waals surface area contributed by atoms with Gasteiger partial charge in [-0.25, -0.2) is 4.79 Å². The second-order valence-corrected chi connectivity index (χ2v) is 3.62. The number of aliphatic hydroxyl groups excluding tert-OH is 1. The Morgan fingerprint density at radius 2 is 2.36 bits per heavy atom. The summed E-state index contributed by atoms with van der Waals surface area (Å²) in [6.45, 7) is 3.70. The highest BCUT2D eigenvalue weighted by atomic mass is 16.7. The second-order valence-electron chi connectivity index (χ2n) is 3.62. The predicted molar refractivity (Wildman–Crippen MR) is 46.9 cm³/mol. The maximum absolute atomic E-state index is 10.2. The average Bonchev–Trinajstić information content (AvgIpc) is 2.41. The molecule has 6 heteroatoms. The van der Waals surface area contributed by atoms with Crippen LogP contribution < -0.4 is 5.32 Å². The van der Waals surface area contributed by atoms with E-state index in [9.17, 15) is 9.90 Å². The molecule has 1 heterocycles. The molecule has 2 atom stereocenters. The highest BCUT2D eigenvalue weighted by Gasteiger charge is 2.36. The van der Waals surface area contributed by atoms with Gasteiger partial charge in [0, 0.05) is 6.54 Å². The van der Waals surface area contributed by atoms with E-state index in [4.69, 9.17) is 14.6 Å². The number of aliphatic hydroxyl groups is 1. The quantitative estimate of drug-likeness (QED) is 0.592. The molecule has 0 aromatic heterocycles. The van der Waals surface area contributed by atoms with Crippen molar-refractivity contribution in [3.63, 3.8) is 0 Å². The number of carbonyl (C=O) groups is 1. The zero-order valence-corrected chi connectivity index (χ0v) is 8.19. The molecule has 82 valence electrons. The summed E-state index contributed by atoms with van der Waals surface area (Å²) in [6, 6.07) is 0. The number of hydrogen-bond donors (Lipinski definition) is 3. The topological polar surface area (TPSA) is 88.0 Å². The highest BCUT2D eigenvalue weighted by molar-refractivity contribution is 5.64. The first-order valence-electron chi connectivity index (χ1n) is 4.37. The van der Waals surface area contributed by atoms with Gasteiger partial charge in [0.15, 0.2) is 5.79 Å². The Balaban J connectivity index is 2.32. The molecule has 1 aliphatic heterocycles. The maximum atomic E-state index is 10.2. The molecule has 1 saturated heterocycles. The fourth-order valence-electron chi connectivity index (χ4n) is 1.23. The summed E-state index contributed by atoms with van der Waals surface area (Å²) >= 11 is 0. The van der Waals surface area contributed by atoms with Crippen LogP contribution in [-0.2, 0) is 9.47 Å². The highest BCUT2D eigenvalue weighted by Crippen LogP contribution is 2.23. The summed E-state index contributed by atoms with van der Waals surface area (Å²) < 4.78 is 10.6. The number of amides is 1. The minimum absolute atomic E-state index is 0.0561. The van der Waals surface area contributed by atoms with Crippen LogP contribution in [0.2, 0.25) is 0 Å². The van der Waals surface area contributed by atoms with Gasteiger partial charge >= 0.3 is 6.09 Å². The molecule has 1 fully saturated rings. The molecular weight excluding hydrogens is 190 g/mol. The number of ether oxygens (including phenoxy) is 2. The molecule has 0 radical (unpaired) electrons. The van der Waals surface area contributed by atoms with E-state index in [0.29, 0.717) is 0 Å². The third-order valence-electron chi connectivity index (χ3n) is 1.92. The second kappa shape index (κ2) is 4.12. The van der Waals surface area contributed by atoms with E-state index in [1.165, 1.54) is 0 Å². The van der Waals surface area contributed by atoms with Crippen LogP contribution in [-0.4, -0.2) is 47.5 Å². The van der Waals surface area contributed by atoms with Gasteiger partial charge in [-0.15, -0.1) is 0 Å². The molecule has 6 nitrogen and oxygen atoms in total. The normalized spacial score (nSPS) is 27.2. The van der Waals surface area contributed by atoms with E-state index >= 15 is 0 Å². The van der Waals surface area contributed by atoms with E-state index in [1.807, 2.05) is 0 Å². The molecule has 0 spiro atoms. The Kier molecular flexibility index (Phi) is 3.30. The monoisotopic (exact) mass is 205 g/mol. The van der Waals surface area contributed by atoms with Crippen LogP contribution in [0.4, 0.5) is 4.79 Å². The van der Waals surface area contributed by atoms with E-state index in [2.05, 4.69) is 5.32 Å². The van der Waals surface area contributed by atoms with Crippen molar-refractivity contribution in [2.45, 2.75) is 31.8 Å². The van der Waals surface area contributed by atoms with Crippen LogP contribution >= 0.6 is 0 Å². The lowest BCUT2D eigenvalue weighted by Gasteiger charge is -2.20. The summed E-state index contributed by atoms with van der Waals surface area (Å²) in [5.74, 6) is -0.700. The average molecular weight is 205 g/mol. The van der Waals surface area contributed by atoms with Gasteiger partial charge in [0.05, 0.1) is 12.7 Å². The van der Waals surface area contributed by atoms with Crippen molar-refractivity contribution >= 4 is 6.09 Å². The molecule has 3 N–H and O–H groups in total.